The zero-order valence-electron chi connectivity index (χ0n) is 15.3. The zero-order chi connectivity index (χ0) is 20.1. The Bertz CT molecular complexity index is 1060. The first kappa shape index (κ1) is 18.9. The predicted molar refractivity (Wildman–Crippen MR) is 102 cm³/mol. The van der Waals surface area contributed by atoms with Crippen molar-refractivity contribution in [3.05, 3.63) is 53.7 Å². The minimum Gasteiger partial charge on any atom is -0.504 e. The Morgan fingerprint density at radius 3 is 2.54 bits per heavy atom. The fraction of sp³-hybridized carbons (Fsp3) is 0.200. The highest BCUT2D eigenvalue weighted by Gasteiger charge is 2.27. The fourth-order valence-electron chi connectivity index (χ4n) is 2.72. The molecule has 0 amide bonds. The molecule has 0 aliphatic carbocycles. The number of para-hydroxylation sites is 2. The monoisotopic (exact) mass is 378 g/mol. The van der Waals surface area contributed by atoms with Crippen LogP contribution in [-0.4, -0.2) is 35.3 Å². The summed E-state index contributed by atoms with van der Waals surface area (Å²) >= 11 is 0. The van der Waals surface area contributed by atoms with E-state index < -0.39 is 11.9 Å². The van der Waals surface area contributed by atoms with Gasteiger partial charge in [0, 0.05) is 6.54 Å². The van der Waals surface area contributed by atoms with Gasteiger partial charge in [-0.05, 0) is 29.8 Å². The fourth-order valence-corrected chi connectivity index (χ4v) is 2.72. The van der Waals surface area contributed by atoms with Crippen LogP contribution in [0, 0.1) is 11.3 Å². The Labute approximate surface area is 161 Å². The third kappa shape index (κ3) is 3.78. The maximum Gasteiger partial charge on any atom is 0.329 e. The average Bonchev–Trinajstić information content (AvgIpc) is 2.72. The number of ether oxygens (including phenoxy) is 2. The number of methoxy groups -OCH3 is 2. The molecule has 0 aliphatic heterocycles. The van der Waals surface area contributed by atoms with Crippen molar-refractivity contribution in [1.29, 1.82) is 5.26 Å². The van der Waals surface area contributed by atoms with Crippen molar-refractivity contribution in [1.82, 2.24) is 9.97 Å². The highest BCUT2D eigenvalue weighted by Crippen LogP contribution is 2.28. The van der Waals surface area contributed by atoms with Crippen molar-refractivity contribution in [2.45, 2.75) is 12.5 Å². The molecule has 1 heterocycles. The van der Waals surface area contributed by atoms with E-state index in [-0.39, 0.29) is 18.0 Å². The standard InChI is InChI=1S/C20H18N4O4/c1-27-17-8-7-12(9-16(17)25)11-22-19-18(13(10-21)20(26)28-2)23-14-5-3-4-6-15(14)24-19/h3-9,13,25H,11H2,1-2H3,(H,22,24)/t13-/m1/s1. The highest BCUT2D eigenvalue weighted by molar-refractivity contribution is 5.84. The molecule has 0 unspecified atom stereocenters. The Kier molecular flexibility index (Phi) is 5.56. The van der Waals surface area contributed by atoms with Gasteiger partial charge in [-0.15, -0.1) is 0 Å². The van der Waals surface area contributed by atoms with Crippen LogP contribution in [0.4, 0.5) is 5.82 Å². The zero-order valence-corrected chi connectivity index (χ0v) is 15.3. The van der Waals surface area contributed by atoms with Crippen LogP contribution >= 0.6 is 0 Å². The molecule has 0 saturated carbocycles. The second kappa shape index (κ2) is 8.22. The number of hydrogen-bond donors (Lipinski definition) is 2. The van der Waals surface area contributed by atoms with Crippen molar-refractivity contribution >= 4 is 22.8 Å². The van der Waals surface area contributed by atoms with Crippen molar-refractivity contribution in [2.75, 3.05) is 19.5 Å². The topological polar surface area (TPSA) is 117 Å². The molecule has 8 heteroatoms. The molecule has 142 valence electrons. The molecule has 0 aliphatic rings. The Balaban J connectivity index is 1.98. The van der Waals surface area contributed by atoms with Gasteiger partial charge < -0.3 is 19.9 Å². The summed E-state index contributed by atoms with van der Waals surface area (Å²) in [5.41, 5.74) is 2.12. The summed E-state index contributed by atoms with van der Waals surface area (Å²) in [5.74, 6) is -1.25. The van der Waals surface area contributed by atoms with Gasteiger partial charge in [0.05, 0.1) is 31.3 Å². The minimum absolute atomic E-state index is 0.0103. The number of hydrogen-bond acceptors (Lipinski definition) is 8. The van der Waals surface area contributed by atoms with Gasteiger partial charge in [-0.25, -0.2) is 9.97 Å². The van der Waals surface area contributed by atoms with Crippen LogP contribution in [0.2, 0.25) is 0 Å². The van der Waals surface area contributed by atoms with E-state index in [4.69, 9.17) is 9.47 Å². The number of aromatic hydroxyl groups is 1. The molecule has 1 atom stereocenters. The van der Waals surface area contributed by atoms with Crippen molar-refractivity contribution in [2.24, 2.45) is 0 Å². The third-order valence-corrected chi connectivity index (χ3v) is 4.14. The Morgan fingerprint density at radius 1 is 1.21 bits per heavy atom. The van der Waals surface area contributed by atoms with Crippen molar-refractivity contribution in [3.8, 4) is 17.6 Å². The lowest BCUT2D eigenvalue weighted by Gasteiger charge is -2.14. The number of esters is 1. The van der Waals surface area contributed by atoms with Crippen LogP contribution in [0.15, 0.2) is 42.5 Å². The molecule has 28 heavy (non-hydrogen) atoms. The number of benzene rings is 2. The molecular weight excluding hydrogens is 360 g/mol. The first-order valence-electron chi connectivity index (χ1n) is 8.41. The van der Waals surface area contributed by atoms with Crippen LogP contribution in [-0.2, 0) is 16.1 Å². The normalized spacial score (nSPS) is 11.5. The number of fused-ring (bicyclic) bond motifs is 1. The highest BCUT2D eigenvalue weighted by atomic mass is 16.5. The van der Waals surface area contributed by atoms with E-state index in [1.54, 1.807) is 36.4 Å². The van der Waals surface area contributed by atoms with Gasteiger partial charge in [0.2, 0.25) is 0 Å². The summed E-state index contributed by atoms with van der Waals surface area (Å²) < 4.78 is 9.76. The van der Waals surface area contributed by atoms with Gasteiger partial charge in [-0.2, -0.15) is 5.26 Å². The number of anilines is 1. The number of phenols is 1. The number of nitrogens with zero attached hydrogens (tertiary/aromatic N) is 3. The molecule has 1 aromatic heterocycles. The smallest absolute Gasteiger partial charge is 0.329 e. The maximum atomic E-state index is 12.0. The summed E-state index contributed by atoms with van der Waals surface area (Å²) in [6.45, 7) is 0.289. The number of aromatic nitrogens is 2. The van der Waals surface area contributed by atoms with E-state index in [0.29, 0.717) is 22.6 Å². The van der Waals surface area contributed by atoms with Gasteiger partial charge in [0.15, 0.2) is 23.2 Å². The predicted octanol–water partition coefficient (Wildman–Crippen LogP) is 2.74. The van der Waals surface area contributed by atoms with Crippen LogP contribution in [0.1, 0.15) is 17.2 Å². The van der Waals surface area contributed by atoms with Gasteiger partial charge in [0.1, 0.15) is 5.69 Å². The third-order valence-electron chi connectivity index (χ3n) is 4.14. The van der Waals surface area contributed by atoms with Gasteiger partial charge in [-0.3, -0.25) is 4.79 Å². The second-order valence-electron chi connectivity index (χ2n) is 5.89. The van der Waals surface area contributed by atoms with E-state index in [1.165, 1.54) is 14.2 Å². The van der Waals surface area contributed by atoms with Gasteiger partial charge in [-0.1, -0.05) is 18.2 Å². The summed E-state index contributed by atoms with van der Waals surface area (Å²) in [6, 6.07) is 14.1. The molecule has 2 aromatic carbocycles. The van der Waals surface area contributed by atoms with Crippen LogP contribution in [0.5, 0.6) is 11.5 Å². The molecule has 3 aromatic rings. The molecule has 8 nitrogen and oxygen atoms in total. The number of carbonyl (C=O) groups is 1. The van der Waals surface area contributed by atoms with Crippen molar-refractivity contribution in [3.63, 3.8) is 0 Å². The number of nitrogens with one attached hydrogen (secondary N) is 1. The Hall–Kier alpha value is -3.86. The number of phenolic OH excluding ortho intramolecular Hbond substituents is 1. The van der Waals surface area contributed by atoms with Crippen LogP contribution in [0.25, 0.3) is 11.0 Å². The van der Waals surface area contributed by atoms with Crippen LogP contribution in [0.3, 0.4) is 0 Å². The largest absolute Gasteiger partial charge is 0.504 e. The molecule has 3 rings (SSSR count). The molecular formula is C20H18N4O4. The molecule has 0 saturated heterocycles. The Morgan fingerprint density at radius 2 is 1.93 bits per heavy atom. The van der Waals surface area contributed by atoms with Crippen molar-refractivity contribution < 1.29 is 19.4 Å². The molecule has 2 N–H and O–H groups in total. The molecule has 0 spiro atoms. The van der Waals surface area contributed by atoms with Gasteiger partial charge >= 0.3 is 5.97 Å². The van der Waals surface area contributed by atoms with E-state index in [1.807, 2.05) is 12.1 Å². The lowest BCUT2D eigenvalue weighted by Crippen LogP contribution is -2.17. The summed E-state index contributed by atoms with van der Waals surface area (Å²) in [7, 11) is 2.69. The lowest BCUT2D eigenvalue weighted by molar-refractivity contribution is -0.141. The maximum absolute atomic E-state index is 12.0. The van der Waals surface area contributed by atoms with E-state index >= 15 is 0 Å². The molecule has 0 bridgehead atoms. The van der Waals surface area contributed by atoms with E-state index in [0.717, 1.165) is 5.56 Å². The summed E-state index contributed by atoms with van der Waals surface area (Å²) in [6.07, 6.45) is 0. The first-order valence-corrected chi connectivity index (χ1v) is 8.41. The molecule has 0 radical (unpaired) electrons. The average molecular weight is 378 g/mol. The number of nitriles is 1. The van der Waals surface area contributed by atoms with E-state index in [9.17, 15) is 15.2 Å². The van der Waals surface area contributed by atoms with E-state index in [2.05, 4.69) is 15.3 Å². The summed E-state index contributed by atoms with van der Waals surface area (Å²) in [5, 5.41) is 22.5. The lowest BCUT2D eigenvalue weighted by atomic mass is 10.1. The second-order valence-corrected chi connectivity index (χ2v) is 5.89. The van der Waals surface area contributed by atoms with Gasteiger partial charge in [0.25, 0.3) is 0 Å². The SMILES string of the molecule is COC(=O)[C@H](C#N)c1nc2ccccc2nc1NCc1ccc(OC)c(O)c1. The quantitative estimate of drug-likeness (QED) is 0.629. The first-order chi connectivity index (χ1) is 13.6. The van der Waals surface area contributed by atoms with Crippen LogP contribution < -0.4 is 10.1 Å². The number of rotatable bonds is 6. The summed E-state index contributed by atoms with van der Waals surface area (Å²) in [4.78, 5) is 21.0. The molecule has 0 fully saturated rings. The minimum atomic E-state index is -1.21. The number of carbonyl (C=O) groups excluding carboxylic acids is 1.